The normalized spacial score (nSPS) is 19.8. The molecule has 1 fully saturated rings. The molecule has 4 heteroatoms. The standard InChI is InChI=1S/C14H24N2O2/c1-11(2)8-15-9-13-14(18-10-16-13)6-5-12-4-3-7-17-12/h10-12,15H,3-9H2,1-2H3. The molecule has 0 saturated carbocycles. The lowest BCUT2D eigenvalue weighted by molar-refractivity contribution is 0.103. The Hall–Kier alpha value is -0.870. The molecule has 1 aromatic heterocycles. The molecule has 102 valence electrons. The molecule has 2 rings (SSSR count). The van der Waals surface area contributed by atoms with Gasteiger partial charge in [-0.3, -0.25) is 0 Å². The van der Waals surface area contributed by atoms with Gasteiger partial charge in [-0.05, 0) is 31.7 Å². The Kier molecular flexibility index (Phi) is 5.20. The maximum absolute atomic E-state index is 5.63. The van der Waals surface area contributed by atoms with Gasteiger partial charge in [0.15, 0.2) is 6.39 Å². The van der Waals surface area contributed by atoms with Crippen molar-refractivity contribution in [2.24, 2.45) is 5.92 Å². The molecule has 1 N–H and O–H groups in total. The van der Waals surface area contributed by atoms with E-state index in [1.54, 1.807) is 6.39 Å². The first kappa shape index (κ1) is 13.6. The van der Waals surface area contributed by atoms with Gasteiger partial charge in [-0.1, -0.05) is 13.8 Å². The van der Waals surface area contributed by atoms with Gasteiger partial charge in [-0.25, -0.2) is 4.98 Å². The van der Waals surface area contributed by atoms with Crippen molar-refractivity contribution in [1.82, 2.24) is 10.3 Å². The highest BCUT2D eigenvalue weighted by Gasteiger charge is 2.17. The first-order valence-corrected chi connectivity index (χ1v) is 6.99. The number of oxazole rings is 1. The van der Waals surface area contributed by atoms with Crippen LogP contribution in [0.5, 0.6) is 0 Å². The van der Waals surface area contributed by atoms with Crippen molar-refractivity contribution < 1.29 is 9.15 Å². The summed E-state index contributed by atoms with van der Waals surface area (Å²) in [6, 6.07) is 0. The van der Waals surface area contributed by atoms with Crippen LogP contribution in [-0.2, 0) is 17.7 Å². The number of hydrogen-bond donors (Lipinski definition) is 1. The van der Waals surface area contributed by atoms with Crippen molar-refractivity contribution in [2.75, 3.05) is 13.2 Å². The van der Waals surface area contributed by atoms with Crippen LogP contribution in [0.25, 0.3) is 0 Å². The van der Waals surface area contributed by atoms with Crippen LogP contribution in [0.3, 0.4) is 0 Å². The van der Waals surface area contributed by atoms with Crippen LogP contribution in [0.1, 0.15) is 44.6 Å². The summed E-state index contributed by atoms with van der Waals surface area (Å²) in [6.07, 6.45) is 6.35. The first-order chi connectivity index (χ1) is 8.75. The fourth-order valence-corrected chi connectivity index (χ4v) is 2.28. The Labute approximate surface area is 109 Å². The lowest BCUT2D eigenvalue weighted by Gasteiger charge is -2.09. The van der Waals surface area contributed by atoms with Crippen molar-refractivity contribution in [3.63, 3.8) is 0 Å². The summed E-state index contributed by atoms with van der Waals surface area (Å²) in [5.41, 5.74) is 1.05. The van der Waals surface area contributed by atoms with Crippen LogP contribution in [0, 0.1) is 5.92 Å². The van der Waals surface area contributed by atoms with Crippen molar-refractivity contribution in [1.29, 1.82) is 0 Å². The van der Waals surface area contributed by atoms with Gasteiger partial charge in [0.05, 0.1) is 11.8 Å². The molecule has 2 heterocycles. The average molecular weight is 252 g/mol. The Morgan fingerprint density at radius 3 is 3.11 bits per heavy atom. The van der Waals surface area contributed by atoms with Crippen molar-refractivity contribution in [3.8, 4) is 0 Å². The second-order valence-electron chi connectivity index (χ2n) is 5.42. The van der Waals surface area contributed by atoms with E-state index in [9.17, 15) is 0 Å². The Balaban J connectivity index is 1.75. The molecule has 0 bridgehead atoms. The van der Waals surface area contributed by atoms with Gasteiger partial charge in [0, 0.05) is 19.6 Å². The molecule has 4 nitrogen and oxygen atoms in total. The highest BCUT2D eigenvalue weighted by molar-refractivity contribution is 5.07. The highest BCUT2D eigenvalue weighted by atomic mass is 16.5. The third-order valence-corrected chi connectivity index (χ3v) is 3.29. The number of nitrogens with one attached hydrogen (secondary N) is 1. The third kappa shape index (κ3) is 4.10. The van der Waals surface area contributed by atoms with Crippen LogP contribution in [0.15, 0.2) is 10.8 Å². The second-order valence-corrected chi connectivity index (χ2v) is 5.42. The van der Waals surface area contributed by atoms with Crippen molar-refractivity contribution >= 4 is 0 Å². The molecule has 0 spiro atoms. The number of nitrogens with zero attached hydrogens (tertiary/aromatic N) is 1. The molecule has 18 heavy (non-hydrogen) atoms. The topological polar surface area (TPSA) is 47.3 Å². The van der Waals surface area contributed by atoms with E-state index in [0.29, 0.717) is 12.0 Å². The molecule has 0 aromatic carbocycles. The van der Waals surface area contributed by atoms with Gasteiger partial charge in [-0.2, -0.15) is 0 Å². The SMILES string of the molecule is CC(C)CNCc1ncoc1CCC1CCCO1. The lowest BCUT2D eigenvalue weighted by atomic mass is 10.1. The zero-order valence-electron chi connectivity index (χ0n) is 11.4. The van der Waals surface area contributed by atoms with E-state index in [0.717, 1.165) is 44.0 Å². The minimum absolute atomic E-state index is 0.423. The smallest absolute Gasteiger partial charge is 0.181 e. The van der Waals surface area contributed by atoms with Crippen molar-refractivity contribution in [3.05, 3.63) is 17.8 Å². The van der Waals surface area contributed by atoms with E-state index in [4.69, 9.17) is 9.15 Å². The van der Waals surface area contributed by atoms with Gasteiger partial charge in [0.1, 0.15) is 5.76 Å². The summed E-state index contributed by atoms with van der Waals surface area (Å²) in [6.45, 7) is 7.14. The van der Waals surface area contributed by atoms with Gasteiger partial charge >= 0.3 is 0 Å². The molecule has 0 radical (unpaired) electrons. The van der Waals surface area contributed by atoms with Crippen LogP contribution < -0.4 is 5.32 Å². The minimum atomic E-state index is 0.423. The summed E-state index contributed by atoms with van der Waals surface area (Å²) < 4.78 is 11.1. The zero-order valence-corrected chi connectivity index (χ0v) is 11.4. The Morgan fingerprint density at radius 2 is 2.39 bits per heavy atom. The molecule has 0 aliphatic carbocycles. The minimum Gasteiger partial charge on any atom is -0.448 e. The fraction of sp³-hybridized carbons (Fsp3) is 0.786. The van der Waals surface area contributed by atoms with Crippen LogP contribution in [0.2, 0.25) is 0 Å². The average Bonchev–Trinajstić information content (AvgIpc) is 2.96. The molecule has 1 saturated heterocycles. The van der Waals surface area contributed by atoms with Crippen LogP contribution in [-0.4, -0.2) is 24.2 Å². The van der Waals surface area contributed by atoms with Gasteiger partial charge in [0.25, 0.3) is 0 Å². The number of rotatable bonds is 7. The maximum atomic E-state index is 5.63. The zero-order chi connectivity index (χ0) is 12.8. The Bertz CT molecular complexity index is 343. The van der Waals surface area contributed by atoms with Gasteiger partial charge < -0.3 is 14.5 Å². The van der Waals surface area contributed by atoms with E-state index in [-0.39, 0.29) is 0 Å². The van der Waals surface area contributed by atoms with E-state index >= 15 is 0 Å². The van der Waals surface area contributed by atoms with E-state index in [1.165, 1.54) is 12.8 Å². The highest BCUT2D eigenvalue weighted by Crippen LogP contribution is 2.19. The third-order valence-electron chi connectivity index (χ3n) is 3.29. The monoisotopic (exact) mass is 252 g/mol. The molecule has 1 aliphatic heterocycles. The van der Waals surface area contributed by atoms with E-state index in [1.807, 2.05) is 0 Å². The number of hydrogen-bond acceptors (Lipinski definition) is 4. The number of aromatic nitrogens is 1. The van der Waals surface area contributed by atoms with E-state index in [2.05, 4.69) is 24.1 Å². The summed E-state index contributed by atoms with van der Waals surface area (Å²) >= 11 is 0. The van der Waals surface area contributed by atoms with Crippen LogP contribution in [0.4, 0.5) is 0 Å². The van der Waals surface area contributed by atoms with Crippen molar-refractivity contribution in [2.45, 2.75) is 52.2 Å². The predicted octanol–water partition coefficient (Wildman–Crippen LogP) is 2.53. The second kappa shape index (κ2) is 6.90. The quantitative estimate of drug-likeness (QED) is 0.810. The lowest BCUT2D eigenvalue weighted by Crippen LogP contribution is -2.20. The number of ether oxygens (including phenoxy) is 1. The largest absolute Gasteiger partial charge is 0.448 e. The van der Waals surface area contributed by atoms with Gasteiger partial charge in [0.2, 0.25) is 0 Å². The molecular formula is C14H24N2O2. The molecule has 1 aliphatic rings. The summed E-state index contributed by atoms with van der Waals surface area (Å²) in [5.74, 6) is 1.67. The molecule has 1 aromatic rings. The molecule has 0 amide bonds. The fourth-order valence-electron chi connectivity index (χ4n) is 2.28. The first-order valence-electron chi connectivity index (χ1n) is 6.99. The van der Waals surface area contributed by atoms with Gasteiger partial charge in [-0.15, -0.1) is 0 Å². The molecule has 1 unspecified atom stereocenters. The summed E-state index contributed by atoms with van der Waals surface area (Å²) in [5, 5.41) is 3.40. The number of aryl methyl sites for hydroxylation is 1. The maximum Gasteiger partial charge on any atom is 0.181 e. The molecule has 1 atom stereocenters. The Morgan fingerprint density at radius 1 is 1.50 bits per heavy atom. The van der Waals surface area contributed by atoms with Crippen LogP contribution >= 0.6 is 0 Å². The summed E-state index contributed by atoms with van der Waals surface area (Å²) in [7, 11) is 0. The summed E-state index contributed by atoms with van der Waals surface area (Å²) in [4.78, 5) is 4.29. The predicted molar refractivity (Wildman–Crippen MR) is 70.3 cm³/mol. The molecular weight excluding hydrogens is 228 g/mol. The van der Waals surface area contributed by atoms with E-state index < -0.39 is 0 Å².